The van der Waals surface area contributed by atoms with Gasteiger partial charge >= 0.3 is 0 Å². The van der Waals surface area contributed by atoms with Crippen LogP contribution < -0.4 is 14.8 Å². The number of nitrogens with one attached hydrogen (secondary N) is 1. The maximum atomic E-state index is 12.3. The number of benzene rings is 2. The van der Waals surface area contributed by atoms with E-state index < -0.39 is 6.10 Å². The molecule has 1 aromatic heterocycles. The zero-order valence-electron chi connectivity index (χ0n) is 17.3. The van der Waals surface area contributed by atoms with Gasteiger partial charge in [0.2, 0.25) is 0 Å². The van der Waals surface area contributed by atoms with Crippen LogP contribution in [-0.2, 0) is 11.2 Å². The van der Waals surface area contributed by atoms with Crippen molar-refractivity contribution in [3.8, 4) is 17.2 Å². The van der Waals surface area contributed by atoms with Gasteiger partial charge in [-0.3, -0.25) is 4.79 Å². The van der Waals surface area contributed by atoms with E-state index >= 15 is 0 Å². The molecule has 1 atom stereocenters. The van der Waals surface area contributed by atoms with Gasteiger partial charge in [0.15, 0.2) is 6.10 Å². The molecule has 29 heavy (non-hydrogen) atoms. The molecule has 0 bridgehead atoms. The first-order valence-corrected chi connectivity index (χ1v) is 9.67. The molecule has 0 saturated heterocycles. The summed E-state index contributed by atoms with van der Waals surface area (Å²) in [5.74, 6) is 1.24. The molecule has 6 nitrogen and oxygen atoms in total. The number of nitrogens with zero attached hydrogens (tertiary/aromatic N) is 2. The molecule has 2 aromatic carbocycles. The van der Waals surface area contributed by atoms with Crippen molar-refractivity contribution in [3.63, 3.8) is 0 Å². The van der Waals surface area contributed by atoms with E-state index in [0.29, 0.717) is 12.3 Å². The number of methoxy groups -OCH3 is 1. The van der Waals surface area contributed by atoms with Crippen LogP contribution in [0, 0.1) is 13.8 Å². The number of hydrogen-bond donors (Lipinski definition) is 1. The molecule has 0 spiro atoms. The minimum absolute atomic E-state index is 0.139. The molecule has 1 heterocycles. The minimum Gasteiger partial charge on any atom is -0.497 e. The standard InChI is InChI=1S/C23H27N3O3/c1-16-15-17(2)26(25-16)20-7-5-19(6-8-20)13-14-24-23(27)18(3)29-22-11-9-21(28-4)10-12-22/h5-12,15,18H,13-14H2,1-4H3,(H,24,27). The molecule has 0 radical (unpaired) electrons. The molecule has 0 aliphatic rings. The van der Waals surface area contributed by atoms with Crippen molar-refractivity contribution in [2.24, 2.45) is 0 Å². The van der Waals surface area contributed by atoms with Gasteiger partial charge in [-0.05, 0) is 75.2 Å². The first kappa shape index (κ1) is 20.5. The fraction of sp³-hybridized carbons (Fsp3) is 0.304. The van der Waals surface area contributed by atoms with Gasteiger partial charge in [-0.2, -0.15) is 5.10 Å². The third kappa shape index (κ3) is 5.38. The van der Waals surface area contributed by atoms with Crippen LogP contribution in [-0.4, -0.2) is 35.4 Å². The summed E-state index contributed by atoms with van der Waals surface area (Å²) in [5, 5.41) is 7.42. The molecular formula is C23H27N3O3. The predicted molar refractivity (Wildman–Crippen MR) is 113 cm³/mol. The van der Waals surface area contributed by atoms with Crippen LogP contribution >= 0.6 is 0 Å². The predicted octanol–water partition coefficient (Wildman–Crippen LogP) is 3.62. The third-order valence-electron chi connectivity index (χ3n) is 4.64. The summed E-state index contributed by atoms with van der Waals surface area (Å²) in [7, 11) is 1.61. The van der Waals surface area contributed by atoms with Gasteiger partial charge in [0.05, 0.1) is 18.5 Å². The Bertz CT molecular complexity index is 947. The maximum absolute atomic E-state index is 12.3. The molecule has 3 aromatic rings. The highest BCUT2D eigenvalue weighted by Gasteiger charge is 2.14. The zero-order chi connectivity index (χ0) is 20.8. The van der Waals surface area contributed by atoms with E-state index in [1.165, 1.54) is 0 Å². The summed E-state index contributed by atoms with van der Waals surface area (Å²) in [5.41, 5.74) is 4.29. The highest BCUT2D eigenvalue weighted by molar-refractivity contribution is 5.80. The third-order valence-corrected chi connectivity index (χ3v) is 4.64. The molecule has 1 amide bonds. The largest absolute Gasteiger partial charge is 0.497 e. The first-order valence-electron chi connectivity index (χ1n) is 9.67. The van der Waals surface area contributed by atoms with Crippen LogP contribution in [0.2, 0.25) is 0 Å². The van der Waals surface area contributed by atoms with Crippen LogP contribution in [0.25, 0.3) is 5.69 Å². The number of ether oxygens (including phenoxy) is 2. The summed E-state index contributed by atoms with van der Waals surface area (Å²) in [6.07, 6.45) is 0.176. The summed E-state index contributed by atoms with van der Waals surface area (Å²) < 4.78 is 12.7. The average Bonchev–Trinajstić information content (AvgIpc) is 3.07. The van der Waals surface area contributed by atoms with Crippen molar-refractivity contribution in [1.29, 1.82) is 0 Å². The molecule has 1 N–H and O–H groups in total. The topological polar surface area (TPSA) is 65.4 Å². The zero-order valence-corrected chi connectivity index (χ0v) is 17.3. The Morgan fingerprint density at radius 1 is 1.07 bits per heavy atom. The van der Waals surface area contributed by atoms with Gasteiger partial charge in [-0.1, -0.05) is 12.1 Å². The number of hydrogen-bond acceptors (Lipinski definition) is 4. The van der Waals surface area contributed by atoms with E-state index in [0.717, 1.165) is 34.8 Å². The summed E-state index contributed by atoms with van der Waals surface area (Å²) in [6, 6.07) is 17.5. The SMILES string of the molecule is COc1ccc(OC(C)C(=O)NCCc2ccc(-n3nc(C)cc3C)cc2)cc1. The number of rotatable bonds is 8. The van der Waals surface area contributed by atoms with Crippen LogP contribution in [0.1, 0.15) is 23.9 Å². The molecule has 3 rings (SSSR count). The highest BCUT2D eigenvalue weighted by Crippen LogP contribution is 2.18. The molecule has 1 unspecified atom stereocenters. The molecule has 152 valence electrons. The number of carbonyl (C=O) groups excluding carboxylic acids is 1. The van der Waals surface area contributed by atoms with Crippen molar-refractivity contribution in [2.45, 2.75) is 33.3 Å². The summed E-state index contributed by atoms with van der Waals surface area (Å²) in [6.45, 7) is 6.32. The Balaban J connectivity index is 1.47. The van der Waals surface area contributed by atoms with Gasteiger partial charge in [0, 0.05) is 12.2 Å². The molecule has 0 fully saturated rings. The maximum Gasteiger partial charge on any atom is 0.260 e. The van der Waals surface area contributed by atoms with Crippen molar-refractivity contribution in [2.75, 3.05) is 13.7 Å². The van der Waals surface area contributed by atoms with E-state index in [9.17, 15) is 4.79 Å². The Hall–Kier alpha value is -3.28. The Kier molecular flexibility index (Phi) is 6.54. The van der Waals surface area contributed by atoms with Crippen LogP contribution in [0.4, 0.5) is 0 Å². The molecular weight excluding hydrogens is 366 g/mol. The Labute approximate surface area is 171 Å². The first-order chi connectivity index (χ1) is 14.0. The Morgan fingerprint density at radius 2 is 1.72 bits per heavy atom. The van der Waals surface area contributed by atoms with Crippen molar-refractivity contribution in [1.82, 2.24) is 15.1 Å². The van der Waals surface area contributed by atoms with E-state index in [2.05, 4.69) is 28.6 Å². The summed E-state index contributed by atoms with van der Waals surface area (Å²) >= 11 is 0. The lowest BCUT2D eigenvalue weighted by Gasteiger charge is -2.15. The van der Waals surface area contributed by atoms with Gasteiger partial charge in [-0.25, -0.2) is 4.68 Å². The molecule has 0 aliphatic heterocycles. The van der Waals surface area contributed by atoms with E-state index in [1.807, 2.05) is 30.7 Å². The molecule has 6 heteroatoms. The highest BCUT2D eigenvalue weighted by atomic mass is 16.5. The van der Waals surface area contributed by atoms with Gasteiger partial charge in [0.1, 0.15) is 11.5 Å². The lowest BCUT2D eigenvalue weighted by atomic mass is 10.1. The van der Waals surface area contributed by atoms with Gasteiger partial charge < -0.3 is 14.8 Å². The monoisotopic (exact) mass is 393 g/mol. The average molecular weight is 393 g/mol. The quantitative estimate of drug-likeness (QED) is 0.635. The Morgan fingerprint density at radius 3 is 2.31 bits per heavy atom. The van der Waals surface area contributed by atoms with Crippen molar-refractivity contribution >= 4 is 5.91 Å². The fourth-order valence-electron chi connectivity index (χ4n) is 3.08. The van der Waals surface area contributed by atoms with Crippen molar-refractivity contribution < 1.29 is 14.3 Å². The van der Waals surface area contributed by atoms with E-state index in [4.69, 9.17) is 9.47 Å². The van der Waals surface area contributed by atoms with Crippen LogP contribution in [0.5, 0.6) is 11.5 Å². The number of aromatic nitrogens is 2. The molecule has 0 aliphatic carbocycles. The normalized spacial score (nSPS) is 11.7. The lowest BCUT2D eigenvalue weighted by Crippen LogP contribution is -2.37. The van der Waals surface area contributed by atoms with E-state index in [-0.39, 0.29) is 5.91 Å². The number of amides is 1. The lowest BCUT2D eigenvalue weighted by molar-refractivity contribution is -0.127. The molecule has 0 saturated carbocycles. The van der Waals surface area contributed by atoms with Gasteiger partial charge in [0.25, 0.3) is 5.91 Å². The second-order valence-corrected chi connectivity index (χ2v) is 6.98. The smallest absolute Gasteiger partial charge is 0.260 e. The van der Waals surface area contributed by atoms with Crippen molar-refractivity contribution in [3.05, 3.63) is 71.5 Å². The van der Waals surface area contributed by atoms with Crippen LogP contribution in [0.3, 0.4) is 0 Å². The second-order valence-electron chi connectivity index (χ2n) is 6.98. The van der Waals surface area contributed by atoms with Crippen LogP contribution in [0.15, 0.2) is 54.6 Å². The van der Waals surface area contributed by atoms with E-state index in [1.54, 1.807) is 38.3 Å². The minimum atomic E-state index is -0.572. The fourth-order valence-corrected chi connectivity index (χ4v) is 3.08. The van der Waals surface area contributed by atoms with Gasteiger partial charge in [-0.15, -0.1) is 0 Å². The second kappa shape index (κ2) is 9.28. The summed E-state index contributed by atoms with van der Waals surface area (Å²) in [4.78, 5) is 12.3. The number of carbonyl (C=O) groups is 1. The number of aryl methyl sites for hydroxylation is 2.